The molecule has 1 heterocycles. The van der Waals surface area contributed by atoms with Gasteiger partial charge in [0.1, 0.15) is 6.10 Å². The van der Waals surface area contributed by atoms with Crippen molar-refractivity contribution >= 4 is 5.97 Å². The Morgan fingerprint density at radius 3 is 2.28 bits per heavy atom. The molecule has 1 aliphatic rings. The van der Waals surface area contributed by atoms with E-state index in [1.54, 1.807) is 36.4 Å². The Bertz CT molecular complexity index is 776. The number of carbonyl (C=O) groups excluding carboxylic acids is 1. The summed E-state index contributed by atoms with van der Waals surface area (Å²) in [6.07, 6.45) is -0.735. The Kier molecular flexibility index (Phi) is 6.76. The van der Waals surface area contributed by atoms with Crippen LogP contribution in [0.2, 0.25) is 0 Å². The van der Waals surface area contributed by atoms with E-state index in [1.165, 1.54) is 21.3 Å². The molecule has 1 aliphatic heterocycles. The van der Waals surface area contributed by atoms with Gasteiger partial charge in [-0.3, -0.25) is 0 Å². The molecule has 7 heteroatoms. The number of carboxylic acids is 1. The number of rotatable bonds is 5. The molecule has 0 N–H and O–H groups in total. The molecule has 2 aromatic rings. The smallest absolute Gasteiger partial charge is 0.549 e. The molecule has 0 amide bonds. The van der Waals surface area contributed by atoms with E-state index in [0.717, 1.165) is 0 Å². The number of hydrogen-bond acceptors (Lipinski definition) is 6. The van der Waals surface area contributed by atoms with Gasteiger partial charge in [0.05, 0.1) is 33.2 Å². The molecule has 0 aromatic heterocycles. The summed E-state index contributed by atoms with van der Waals surface area (Å²) in [5.74, 6) is -0.177. The van der Waals surface area contributed by atoms with Gasteiger partial charge in [-0.15, -0.1) is 0 Å². The number of methoxy groups -OCH3 is 3. The molecule has 126 valence electrons. The average molecular weight is 368 g/mol. The second-order valence-corrected chi connectivity index (χ2v) is 5.33. The third-order valence-electron chi connectivity index (χ3n) is 4.10. The number of ether oxygens (including phenoxy) is 4. The number of hydrogen-bond donors (Lipinski definition) is 0. The van der Waals surface area contributed by atoms with E-state index in [0.29, 0.717) is 34.1 Å². The molecule has 0 saturated carbocycles. The molecule has 6 nitrogen and oxygen atoms in total. The predicted octanol–water partition coefficient (Wildman–Crippen LogP) is -1.32. The molecular weight excluding hydrogens is 351 g/mol. The summed E-state index contributed by atoms with van der Waals surface area (Å²) in [4.78, 5) is 11.7. The SMILES string of the molecule is COc1ccc([C@H]2Oc3c(OC)cccc3[C@@H]2C(=O)[O-])cc1OC.[K+]. The normalized spacial score (nSPS) is 17.7. The zero-order valence-corrected chi connectivity index (χ0v) is 17.7. The van der Waals surface area contributed by atoms with Gasteiger partial charge in [-0.05, 0) is 23.8 Å². The van der Waals surface area contributed by atoms with Crippen molar-refractivity contribution in [1.29, 1.82) is 0 Å². The fraction of sp³-hybridized carbons (Fsp3) is 0.278. The largest absolute Gasteiger partial charge is 1.00 e. The summed E-state index contributed by atoms with van der Waals surface area (Å²) in [6, 6.07) is 10.3. The molecule has 2 aromatic carbocycles. The minimum Gasteiger partial charge on any atom is -0.549 e. The molecule has 2 atom stereocenters. The molecule has 0 saturated heterocycles. The minimum absolute atomic E-state index is 0. The molecule has 0 bridgehead atoms. The Morgan fingerprint density at radius 2 is 1.68 bits per heavy atom. The summed E-state index contributed by atoms with van der Waals surface area (Å²) in [5.41, 5.74) is 1.19. The number of benzene rings is 2. The van der Waals surface area contributed by atoms with Crippen LogP contribution in [-0.2, 0) is 4.79 Å². The van der Waals surface area contributed by atoms with E-state index in [-0.39, 0.29) is 51.4 Å². The number of para-hydroxylation sites is 1. The van der Waals surface area contributed by atoms with Gasteiger partial charge in [0.2, 0.25) is 0 Å². The van der Waals surface area contributed by atoms with Crippen LogP contribution in [0.3, 0.4) is 0 Å². The fourth-order valence-electron chi connectivity index (χ4n) is 2.96. The van der Waals surface area contributed by atoms with Gasteiger partial charge in [0.25, 0.3) is 0 Å². The predicted molar refractivity (Wildman–Crippen MR) is 83.7 cm³/mol. The van der Waals surface area contributed by atoms with Crippen molar-refractivity contribution in [3.05, 3.63) is 47.5 Å². The molecule has 25 heavy (non-hydrogen) atoms. The summed E-state index contributed by atoms with van der Waals surface area (Å²) in [7, 11) is 4.57. The molecule has 0 unspecified atom stereocenters. The van der Waals surface area contributed by atoms with Gasteiger partial charge in [0, 0.05) is 5.56 Å². The molecule has 0 spiro atoms. The van der Waals surface area contributed by atoms with Crippen LogP contribution in [0.5, 0.6) is 23.0 Å². The molecule has 3 rings (SSSR count). The maximum Gasteiger partial charge on any atom is 1.00 e. The average Bonchev–Trinajstić information content (AvgIpc) is 3.00. The number of aliphatic carboxylic acids is 1. The van der Waals surface area contributed by atoms with Crippen molar-refractivity contribution < 1.29 is 80.2 Å². The maximum absolute atomic E-state index is 11.7. The van der Waals surface area contributed by atoms with Crippen molar-refractivity contribution in [1.82, 2.24) is 0 Å². The first-order valence-corrected chi connectivity index (χ1v) is 7.37. The summed E-state index contributed by atoms with van der Waals surface area (Å²) >= 11 is 0. The topological polar surface area (TPSA) is 77.1 Å². The number of carbonyl (C=O) groups is 1. The standard InChI is InChI=1S/C18H18O6.K/c1-21-12-8-7-10(9-14(12)23-3)16-15(18(19)20)11-5-4-6-13(22-2)17(11)24-16;/h4-9,15-16H,1-3H3,(H,19,20);/q;+1/p-1/t15-,16+;/m0./s1. The first-order chi connectivity index (χ1) is 11.6. The van der Waals surface area contributed by atoms with Crippen LogP contribution in [0.1, 0.15) is 23.1 Å². The van der Waals surface area contributed by atoms with Crippen molar-refractivity contribution in [3.63, 3.8) is 0 Å². The molecular formula is C18H17KO6. The van der Waals surface area contributed by atoms with Crippen LogP contribution < -0.4 is 75.4 Å². The first-order valence-electron chi connectivity index (χ1n) is 7.37. The van der Waals surface area contributed by atoms with Gasteiger partial charge in [-0.2, -0.15) is 0 Å². The maximum atomic E-state index is 11.7. The molecule has 0 fully saturated rings. The molecule has 0 radical (unpaired) electrons. The van der Waals surface area contributed by atoms with Crippen LogP contribution in [0.25, 0.3) is 0 Å². The van der Waals surface area contributed by atoms with Gasteiger partial charge >= 0.3 is 51.4 Å². The zero-order chi connectivity index (χ0) is 17.3. The Balaban J connectivity index is 0.00000225. The van der Waals surface area contributed by atoms with E-state index in [4.69, 9.17) is 18.9 Å². The van der Waals surface area contributed by atoms with Crippen molar-refractivity contribution in [2.45, 2.75) is 12.0 Å². The fourth-order valence-corrected chi connectivity index (χ4v) is 2.96. The van der Waals surface area contributed by atoms with Crippen LogP contribution in [0.15, 0.2) is 36.4 Å². The summed E-state index contributed by atoms with van der Waals surface area (Å²) in [6.45, 7) is 0. The Hall–Kier alpha value is -1.25. The monoisotopic (exact) mass is 368 g/mol. The van der Waals surface area contributed by atoms with E-state index in [1.807, 2.05) is 0 Å². The van der Waals surface area contributed by atoms with Gasteiger partial charge < -0.3 is 28.8 Å². The van der Waals surface area contributed by atoms with Gasteiger partial charge in [-0.25, -0.2) is 0 Å². The van der Waals surface area contributed by atoms with E-state index in [2.05, 4.69) is 0 Å². The second kappa shape index (κ2) is 8.42. The van der Waals surface area contributed by atoms with Crippen LogP contribution >= 0.6 is 0 Å². The third kappa shape index (κ3) is 3.66. The van der Waals surface area contributed by atoms with E-state index in [9.17, 15) is 9.90 Å². The first kappa shape index (κ1) is 20.1. The van der Waals surface area contributed by atoms with Gasteiger partial charge in [-0.1, -0.05) is 18.2 Å². The van der Waals surface area contributed by atoms with Crippen LogP contribution in [0, 0.1) is 0 Å². The zero-order valence-electron chi connectivity index (χ0n) is 14.6. The van der Waals surface area contributed by atoms with Gasteiger partial charge in [0.15, 0.2) is 23.0 Å². The van der Waals surface area contributed by atoms with Crippen molar-refractivity contribution in [2.24, 2.45) is 0 Å². The third-order valence-corrected chi connectivity index (χ3v) is 4.10. The van der Waals surface area contributed by atoms with E-state index >= 15 is 0 Å². The quantitative estimate of drug-likeness (QED) is 0.610. The van der Waals surface area contributed by atoms with E-state index < -0.39 is 18.0 Å². The minimum atomic E-state index is -1.21. The number of fused-ring (bicyclic) bond motifs is 1. The van der Waals surface area contributed by atoms with Crippen LogP contribution in [0.4, 0.5) is 0 Å². The van der Waals surface area contributed by atoms with Crippen molar-refractivity contribution in [2.75, 3.05) is 21.3 Å². The second-order valence-electron chi connectivity index (χ2n) is 5.33. The Labute approximate surface area is 188 Å². The van der Waals surface area contributed by atoms with Crippen molar-refractivity contribution in [3.8, 4) is 23.0 Å². The number of carboxylic acid groups (broad SMARTS) is 1. The Morgan fingerprint density at radius 1 is 1.00 bits per heavy atom. The van der Waals surface area contributed by atoms with Crippen LogP contribution in [-0.4, -0.2) is 27.3 Å². The summed E-state index contributed by atoms with van der Waals surface area (Å²) < 4.78 is 21.7. The molecule has 0 aliphatic carbocycles. The summed E-state index contributed by atoms with van der Waals surface area (Å²) in [5, 5.41) is 11.7.